The Morgan fingerprint density at radius 2 is 1.72 bits per heavy atom. The highest BCUT2D eigenvalue weighted by Crippen LogP contribution is 2.30. The highest BCUT2D eigenvalue weighted by atomic mass is 19.1. The third-order valence-corrected chi connectivity index (χ3v) is 2.68. The average molecular weight is 253 g/mol. The molecule has 0 aliphatic heterocycles. The van der Waals surface area contributed by atoms with Crippen LogP contribution < -0.4 is 0 Å². The van der Waals surface area contributed by atoms with Gasteiger partial charge in [-0.25, -0.2) is 13.2 Å². The van der Waals surface area contributed by atoms with Crippen LogP contribution >= 0.6 is 0 Å². The lowest BCUT2D eigenvalue weighted by atomic mass is 9.91. The number of hydrogen-bond acceptors (Lipinski definition) is 2. The van der Waals surface area contributed by atoms with E-state index < -0.39 is 23.1 Å². The van der Waals surface area contributed by atoms with Crippen LogP contribution in [0.1, 0.15) is 18.2 Å². The fraction of sp³-hybridized carbons (Fsp3) is 0.154. The molecule has 0 saturated heterocycles. The maximum absolute atomic E-state index is 13.6. The molecule has 0 amide bonds. The molecule has 1 unspecified atom stereocenters. The third kappa shape index (κ3) is 2.22. The second kappa shape index (κ2) is 4.42. The van der Waals surface area contributed by atoms with Gasteiger partial charge >= 0.3 is 0 Å². The van der Waals surface area contributed by atoms with E-state index in [9.17, 15) is 18.3 Å². The van der Waals surface area contributed by atoms with Crippen LogP contribution in [0.2, 0.25) is 0 Å². The van der Waals surface area contributed by atoms with Crippen LogP contribution in [0.25, 0.3) is 0 Å². The number of rotatable bonds is 2. The zero-order valence-electron chi connectivity index (χ0n) is 9.49. The average Bonchev–Trinajstić information content (AvgIpc) is 2.32. The monoisotopic (exact) mass is 253 g/mol. The molecule has 2 aromatic rings. The highest BCUT2D eigenvalue weighted by molar-refractivity contribution is 5.32. The topological polar surface area (TPSA) is 33.1 Å². The van der Waals surface area contributed by atoms with E-state index in [-0.39, 0.29) is 11.3 Å². The van der Waals surface area contributed by atoms with Gasteiger partial charge in [0.1, 0.15) is 23.1 Å². The molecule has 1 atom stereocenters. The van der Waals surface area contributed by atoms with Crippen LogP contribution in [-0.2, 0) is 5.60 Å². The van der Waals surface area contributed by atoms with Gasteiger partial charge in [-0.2, -0.15) is 0 Å². The SMILES string of the molecule is CC(O)(c1ccc(F)cn1)c1cc(F)ccc1F. The van der Waals surface area contributed by atoms with Crippen molar-refractivity contribution in [3.63, 3.8) is 0 Å². The molecule has 18 heavy (non-hydrogen) atoms. The smallest absolute Gasteiger partial charge is 0.141 e. The van der Waals surface area contributed by atoms with Crippen molar-refractivity contribution >= 4 is 0 Å². The lowest BCUT2D eigenvalue weighted by Crippen LogP contribution is -2.26. The standard InChI is InChI=1S/C13H10F3NO/c1-13(18,12-5-3-9(15)7-17-12)10-6-8(14)2-4-11(10)16/h2-7,18H,1H3. The van der Waals surface area contributed by atoms with Crippen LogP contribution in [0.5, 0.6) is 0 Å². The van der Waals surface area contributed by atoms with E-state index in [1.807, 2.05) is 0 Å². The van der Waals surface area contributed by atoms with Gasteiger partial charge in [0.05, 0.1) is 11.9 Å². The minimum Gasteiger partial charge on any atom is -0.379 e. The van der Waals surface area contributed by atoms with E-state index in [0.717, 1.165) is 30.5 Å². The Labute approximate surface area is 102 Å². The minimum atomic E-state index is -1.83. The van der Waals surface area contributed by atoms with Gasteiger partial charge < -0.3 is 5.11 Å². The summed E-state index contributed by atoms with van der Waals surface area (Å²) in [6.07, 6.45) is 0.904. The Morgan fingerprint density at radius 1 is 1.06 bits per heavy atom. The second-order valence-electron chi connectivity index (χ2n) is 4.06. The predicted octanol–water partition coefficient (Wildman–Crippen LogP) is 2.75. The van der Waals surface area contributed by atoms with E-state index in [0.29, 0.717) is 0 Å². The Hall–Kier alpha value is -1.88. The summed E-state index contributed by atoms with van der Waals surface area (Å²) in [5, 5.41) is 10.3. The lowest BCUT2D eigenvalue weighted by molar-refractivity contribution is 0.0926. The first-order chi connectivity index (χ1) is 8.41. The highest BCUT2D eigenvalue weighted by Gasteiger charge is 2.30. The van der Waals surface area contributed by atoms with Gasteiger partial charge in [-0.3, -0.25) is 4.98 Å². The summed E-state index contributed by atoms with van der Waals surface area (Å²) in [6, 6.07) is 5.07. The number of hydrogen-bond donors (Lipinski definition) is 1. The molecular weight excluding hydrogens is 243 g/mol. The van der Waals surface area contributed by atoms with E-state index >= 15 is 0 Å². The molecule has 2 rings (SSSR count). The molecule has 0 aliphatic rings. The first kappa shape index (κ1) is 12.6. The van der Waals surface area contributed by atoms with Crippen molar-refractivity contribution in [3.8, 4) is 0 Å². The van der Waals surface area contributed by atoms with Crippen LogP contribution in [-0.4, -0.2) is 10.1 Å². The largest absolute Gasteiger partial charge is 0.379 e. The molecule has 0 saturated carbocycles. The second-order valence-corrected chi connectivity index (χ2v) is 4.06. The molecule has 0 spiro atoms. The van der Waals surface area contributed by atoms with Gasteiger partial charge in [0.25, 0.3) is 0 Å². The Bertz CT molecular complexity index is 567. The van der Waals surface area contributed by atoms with Gasteiger partial charge in [0.2, 0.25) is 0 Å². The molecule has 1 N–H and O–H groups in total. The first-order valence-corrected chi connectivity index (χ1v) is 5.21. The van der Waals surface area contributed by atoms with Crippen molar-refractivity contribution in [2.24, 2.45) is 0 Å². The zero-order valence-corrected chi connectivity index (χ0v) is 9.49. The number of benzene rings is 1. The third-order valence-electron chi connectivity index (χ3n) is 2.68. The van der Waals surface area contributed by atoms with Crippen molar-refractivity contribution in [1.29, 1.82) is 0 Å². The molecular formula is C13H10F3NO. The fourth-order valence-electron chi connectivity index (χ4n) is 1.67. The Balaban J connectivity index is 2.53. The maximum Gasteiger partial charge on any atom is 0.141 e. The normalized spacial score (nSPS) is 14.3. The zero-order chi connectivity index (χ0) is 13.3. The summed E-state index contributed by atoms with van der Waals surface area (Å²) in [4.78, 5) is 3.68. The number of pyridine rings is 1. The van der Waals surface area contributed by atoms with Crippen LogP contribution in [0, 0.1) is 17.5 Å². The Kier molecular flexibility index (Phi) is 3.09. The molecule has 0 bridgehead atoms. The summed E-state index contributed by atoms with van der Waals surface area (Å²) >= 11 is 0. The molecule has 5 heteroatoms. The van der Waals surface area contributed by atoms with E-state index in [1.165, 1.54) is 13.0 Å². The molecule has 94 valence electrons. The molecule has 1 aromatic carbocycles. The van der Waals surface area contributed by atoms with Gasteiger partial charge in [-0.15, -0.1) is 0 Å². The van der Waals surface area contributed by atoms with Crippen LogP contribution in [0.15, 0.2) is 36.5 Å². The van der Waals surface area contributed by atoms with E-state index in [4.69, 9.17) is 0 Å². The van der Waals surface area contributed by atoms with Crippen molar-refractivity contribution in [3.05, 3.63) is 65.2 Å². The summed E-state index contributed by atoms with van der Waals surface area (Å²) < 4.78 is 39.4. The number of aliphatic hydroxyl groups is 1. The van der Waals surface area contributed by atoms with Crippen LogP contribution in [0.3, 0.4) is 0 Å². The van der Waals surface area contributed by atoms with Crippen molar-refractivity contribution in [2.45, 2.75) is 12.5 Å². The molecule has 1 heterocycles. The molecule has 0 radical (unpaired) electrons. The van der Waals surface area contributed by atoms with E-state index in [2.05, 4.69) is 4.98 Å². The number of nitrogens with zero attached hydrogens (tertiary/aromatic N) is 1. The summed E-state index contributed by atoms with van der Waals surface area (Å²) in [7, 11) is 0. The molecule has 2 nitrogen and oxygen atoms in total. The van der Waals surface area contributed by atoms with Gasteiger partial charge in [-0.1, -0.05) is 0 Å². The van der Waals surface area contributed by atoms with Crippen molar-refractivity contribution in [2.75, 3.05) is 0 Å². The lowest BCUT2D eigenvalue weighted by Gasteiger charge is -2.23. The molecule has 0 fully saturated rings. The quantitative estimate of drug-likeness (QED) is 0.892. The number of halogens is 3. The Morgan fingerprint density at radius 3 is 2.33 bits per heavy atom. The fourth-order valence-corrected chi connectivity index (χ4v) is 1.67. The van der Waals surface area contributed by atoms with Crippen molar-refractivity contribution < 1.29 is 18.3 Å². The van der Waals surface area contributed by atoms with Gasteiger partial charge in [0, 0.05) is 5.56 Å². The van der Waals surface area contributed by atoms with Gasteiger partial charge in [0.15, 0.2) is 0 Å². The van der Waals surface area contributed by atoms with Gasteiger partial charge in [-0.05, 0) is 37.3 Å². The van der Waals surface area contributed by atoms with Crippen LogP contribution in [0.4, 0.5) is 13.2 Å². The molecule has 0 aliphatic carbocycles. The predicted molar refractivity (Wildman–Crippen MR) is 59.2 cm³/mol. The van der Waals surface area contributed by atoms with E-state index in [1.54, 1.807) is 0 Å². The van der Waals surface area contributed by atoms with Crippen molar-refractivity contribution in [1.82, 2.24) is 4.98 Å². The number of aromatic nitrogens is 1. The maximum atomic E-state index is 13.6. The molecule has 1 aromatic heterocycles. The summed E-state index contributed by atoms with van der Waals surface area (Å²) in [6.45, 7) is 1.27. The summed E-state index contributed by atoms with van der Waals surface area (Å²) in [5.74, 6) is -2.00. The summed E-state index contributed by atoms with van der Waals surface area (Å²) in [5.41, 5.74) is -2.05. The minimum absolute atomic E-state index is 0.0356. The first-order valence-electron chi connectivity index (χ1n) is 5.21.